The number of nitrogens with one attached hydrogen (secondary N) is 1. The number of nitrogens with two attached hydrogens (primary N) is 1. The summed E-state index contributed by atoms with van der Waals surface area (Å²) in [7, 11) is 0. The topological polar surface area (TPSA) is 64.3 Å². The molecule has 0 aromatic rings. The molecule has 0 heterocycles. The van der Waals surface area contributed by atoms with Crippen LogP contribution >= 0.6 is 0 Å². The van der Waals surface area contributed by atoms with Crippen LogP contribution in [0.1, 0.15) is 41.0 Å². The van der Waals surface area contributed by atoms with Crippen molar-refractivity contribution >= 4 is 5.91 Å². The third kappa shape index (κ3) is 6.47. The summed E-state index contributed by atoms with van der Waals surface area (Å²) >= 11 is 0. The third-order valence-electron chi connectivity index (χ3n) is 2.25. The van der Waals surface area contributed by atoms with Crippen molar-refractivity contribution in [2.45, 2.75) is 52.2 Å². The van der Waals surface area contributed by atoms with E-state index in [0.29, 0.717) is 6.54 Å². The van der Waals surface area contributed by atoms with Gasteiger partial charge in [-0.3, -0.25) is 4.79 Å². The van der Waals surface area contributed by atoms with Crippen LogP contribution in [-0.4, -0.2) is 30.2 Å². The van der Waals surface area contributed by atoms with E-state index in [4.69, 9.17) is 10.5 Å². The Morgan fingerprint density at radius 1 is 1.33 bits per heavy atom. The number of carbonyl (C=O) groups is 1. The highest BCUT2D eigenvalue weighted by Gasteiger charge is 2.23. The minimum Gasteiger partial charge on any atom is -0.364 e. The Bertz CT molecular complexity index is 205. The zero-order chi connectivity index (χ0) is 12.1. The number of rotatable bonds is 5. The van der Waals surface area contributed by atoms with Gasteiger partial charge in [-0.25, -0.2) is 0 Å². The first-order valence-electron chi connectivity index (χ1n) is 5.37. The molecule has 0 fully saturated rings. The molecule has 1 amide bonds. The van der Waals surface area contributed by atoms with Gasteiger partial charge in [-0.15, -0.1) is 0 Å². The van der Waals surface area contributed by atoms with Gasteiger partial charge in [0.25, 0.3) is 0 Å². The Balaban J connectivity index is 4.00. The maximum absolute atomic E-state index is 11.5. The van der Waals surface area contributed by atoms with Gasteiger partial charge in [-0.2, -0.15) is 0 Å². The summed E-state index contributed by atoms with van der Waals surface area (Å²) in [6.07, 6.45) is 0.798. The molecule has 0 aliphatic carbocycles. The van der Waals surface area contributed by atoms with Gasteiger partial charge in [-0.05, 0) is 34.1 Å². The molecule has 1 atom stereocenters. The zero-order valence-electron chi connectivity index (χ0n) is 10.5. The third-order valence-corrected chi connectivity index (χ3v) is 2.25. The summed E-state index contributed by atoms with van der Waals surface area (Å²) < 4.78 is 5.50. The monoisotopic (exact) mass is 216 g/mol. The molecule has 90 valence electrons. The molecule has 0 saturated heterocycles. The van der Waals surface area contributed by atoms with E-state index in [0.717, 1.165) is 6.42 Å². The van der Waals surface area contributed by atoms with Crippen LogP contribution in [0.4, 0.5) is 0 Å². The van der Waals surface area contributed by atoms with Crippen LogP contribution in [0.15, 0.2) is 0 Å². The first-order chi connectivity index (χ1) is 6.72. The lowest BCUT2D eigenvalue weighted by atomic mass is 10.0. The van der Waals surface area contributed by atoms with Gasteiger partial charge in [0.05, 0.1) is 5.60 Å². The zero-order valence-corrected chi connectivity index (χ0v) is 10.5. The molecule has 4 nitrogen and oxygen atoms in total. The fraction of sp³-hybridized carbons (Fsp3) is 0.909. The van der Waals surface area contributed by atoms with E-state index >= 15 is 0 Å². The summed E-state index contributed by atoms with van der Waals surface area (Å²) in [4.78, 5) is 11.5. The van der Waals surface area contributed by atoms with Crippen molar-refractivity contribution in [1.82, 2.24) is 5.32 Å². The second-order valence-electron chi connectivity index (χ2n) is 5.09. The fourth-order valence-electron chi connectivity index (χ4n) is 0.999. The molecule has 3 N–H and O–H groups in total. The predicted octanol–water partition coefficient (Wildman–Crippen LogP) is 1.05. The largest absolute Gasteiger partial charge is 0.364 e. The smallest absolute Gasteiger partial charge is 0.246 e. The Morgan fingerprint density at radius 2 is 1.87 bits per heavy atom. The van der Waals surface area contributed by atoms with E-state index in [2.05, 4.69) is 5.32 Å². The van der Waals surface area contributed by atoms with E-state index in [9.17, 15) is 4.79 Å². The highest BCUT2D eigenvalue weighted by Crippen LogP contribution is 2.12. The average Bonchev–Trinajstić information content (AvgIpc) is 2.12. The van der Waals surface area contributed by atoms with Crippen molar-refractivity contribution in [1.29, 1.82) is 0 Å². The number of carbonyl (C=O) groups excluding carboxylic acids is 1. The van der Waals surface area contributed by atoms with Gasteiger partial charge in [0, 0.05) is 12.1 Å². The van der Waals surface area contributed by atoms with Gasteiger partial charge in [0.1, 0.15) is 6.61 Å². The molecule has 0 aromatic carbocycles. The predicted molar refractivity (Wildman–Crippen MR) is 61.6 cm³/mol. The van der Waals surface area contributed by atoms with Crippen LogP contribution in [0.2, 0.25) is 0 Å². The number of hydrogen-bond acceptors (Lipinski definition) is 3. The van der Waals surface area contributed by atoms with Crippen LogP contribution in [0.25, 0.3) is 0 Å². The van der Waals surface area contributed by atoms with Crippen molar-refractivity contribution in [3.05, 3.63) is 0 Å². The summed E-state index contributed by atoms with van der Waals surface area (Å²) in [6, 6.07) is 0. The van der Waals surface area contributed by atoms with E-state index in [1.165, 1.54) is 0 Å². The SMILES string of the molecule is CCC(C)(CN)OCC(=O)NC(C)(C)C. The standard InChI is InChI=1S/C11H24N2O2/c1-6-11(5,8-12)15-7-9(14)13-10(2,3)4/h6-8,12H2,1-5H3,(H,13,14). The molecule has 4 heteroatoms. The lowest BCUT2D eigenvalue weighted by Gasteiger charge is -2.28. The van der Waals surface area contributed by atoms with Crippen LogP contribution in [0.5, 0.6) is 0 Å². The summed E-state index contributed by atoms with van der Waals surface area (Å²) in [6.45, 7) is 10.2. The molecule has 0 saturated carbocycles. The van der Waals surface area contributed by atoms with Crippen molar-refractivity contribution in [2.24, 2.45) is 5.73 Å². The number of hydrogen-bond donors (Lipinski definition) is 2. The number of ether oxygens (including phenoxy) is 1. The van der Waals surface area contributed by atoms with Gasteiger partial charge in [0.15, 0.2) is 0 Å². The molecule has 0 aliphatic rings. The fourth-order valence-corrected chi connectivity index (χ4v) is 0.999. The molecule has 0 aromatic heterocycles. The molecule has 15 heavy (non-hydrogen) atoms. The molecule has 1 unspecified atom stereocenters. The van der Waals surface area contributed by atoms with E-state index in [1.807, 2.05) is 34.6 Å². The van der Waals surface area contributed by atoms with Crippen LogP contribution in [-0.2, 0) is 9.53 Å². The summed E-state index contributed by atoms with van der Waals surface area (Å²) in [5, 5.41) is 2.84. The summed E-state index contributed by atoms with van der Waals surface area (Å²) in [5.41, 5.74) is 4.96. The average molecular weight is 216 g/mol. The maximum atomic E-state index is 11.5. The molecule has 0 rings (SSSR count). The quantitative estimate of drug-likeness (QED) is 0.722. The highest BCUT2D eigenvalue weighted by atomic mass is 16.5. The minimum absolute atomic E-state index is 0.0683. The van der Waals surface area contributed by atoms with E-state index < -0.39 is 5.60 Å². The van der Waals surface area contributed by atoms with Gasteiger partial charge < -0.3 is 15.8 Å². The highest BCUT2D eigenvalue weighted by molar-refractivity contribution is 5.77. The molecular formula is C11H24N2O2. The van der Waals surface area contributed by atoms with Crippen molar-refractivity contribution < 1.29 is 9.53 Å². The Kier molecular flexibility index (Phi) is 5.24. The van der Waals surface area contributed by atoms with Crippen LogP contribution < -0.4 is 11.1 Å². The van der Waals surface area contributed by atoms with Crippen molar-refractivity contribution in [3.8, 4) is 0 Å². The van der Waals surface area contributed by atoms with Gasteiger partial charge in [0.2, 0.25) is 5.91 Å². The van der Waals surface area contributed by atoms with Crippen molar-refractivity contribution in [3.63, 3.8) is 0 Å². The second-order valence-corrected chi connectivity index (χ2v) is 5.09. The maximum Gasteiger partial charge on any atom is 0.246 e. The molecule has 0 aliphatic heterocycles. The first kappa shape index (κ1) is 14.4. The second kappa shape index (κ2) is 5.47. The summed E-state index contributed by atoms with van der Waals surface area (Å²) in [5.74, 6) is -0.101. The molecule has 0 bridgehead atoms. The van der Waals surface area contributed by atoms with E-state index in [1.54, 1.807) is 0 Å². The molecule has 0 radical (unpaired) electrons. The lowest BCUT2D eigenvalue weighted by Crippen LogP contribution is -2.45. The van der Waals surface area contributed by atoms with Crippen LogP contribution in [0, 0.1) is 0 Å². The minimum atomic E-state index is -0.394. The van der Waals surface area contributed by atoms with Gasteiger partial charge >= 0.3 is 0 Å². The van der Waals surface area contributed by atoms with Crippen LogP contribution in [0.3, 0.4) is 0 Å². The lowest BCUT2D eigenvalue weighted by molar-refractivity contribution is -0.133. The van der Waals surface area contributed by atoms with Crippen molar-refractivity contribution in [2.75, 3.05) is 13.2 Å². The Labute approximate surface area is 92.6 Å². The normalized spacial score (nSPS) is 15.9. The molecular weight excluding hydrogens is 192 g/mol. The Hall–Kier alpha value is -0.610. The van der Waals surface area contributed by atoms with E-state index in [-0.39, 0.29) is 18.1 Å². The molecule has 0 spiro atoms. The Morgan fingerprint density at radius 3 is 2.20 bits per heavy atom. The number of amides is 1. The van der Waals surface area contributed by atoms with Gasteiger partial charge in [-0.1, -0.05) is 6.92 Å². The first-order valence-corrected chi connectivity index (χ1v) is 5.37.